The van der Waals surface area contributed by atoms with Gasteiger partial charge in [0.15, 0.2) is 0 Å². The molecule has 2 rings (SSSR count). The number of nitrogens with one attached hydrogen (secondary N) is 1. The first-order valence-corrected chi connectivity index (χ1v) is 4.80. The molecule has 0 aromatic heterocycles. The molecule has 1 N–H and O–H groups in total. The van der Waals surface area contributed by atoms with Gasteiger partial charge in [-0.05, 0) is 13.0 Å². The van der Waals surface area contributed by atoms with E-state index in [-0.39, 0.29) is 16.7 Å². The van der Waals surface area contributed by atoms with Crippen molar-refractivity contribution in [3.63, 3.8) is 0 Å². The average Bonchev–Trinajstić information content (AvgIpc) is 2.13. The van der Waals surface area contributed by atoms with E-state index >= 15 is 0 Å². The molecule has 80 valence electrons. The maximum atomic E-state index is 10.7. The second-order valence-corrected chi connectivity index (χ2v) is 3.56. The van der Waals surface area contributed by atoms with Gasteiger partial charge in [-0.2, -0.15) is 0 Å². The highest BCUT2D eigenvalue weighted by atomic mass is 16.6. The van der Waals surface area contributed by atoms with E-state index in [1.54, 1.807) is 19.1 Å². The van der Waals surface area contributed by atoms with Gasteiger partial charge in [-0.25, -0.2) is 0 Å². The number of ether oxygens (including phenoxy) is 1. The van der Waals surface area contributed by atoms with Gasteiger partial charge in [0, 0.05) is 19.2 Å². The molecule has 1 fully saturated rings. The van der Waals surface area contributed by atoms with Crippen LogP contribution in [0.15, 0.2) is 18.2 Å². The third-order valence-electron chi connectivity index (χ3n) is 2.49. The van der Waals surface area contributed by atoms with Crippen molar-refractivity contribution in [1.29, 1.82) is 0 Å². The smallest absolute Gasteiger partial charge is 0.276 e. The second kappa shape index (κ2) is 3.86. The quantitative estimate of drug-likeness (QED) is 0.599. The van der Waals surface area contributed by atoms with Crippen molar-refractivity contribution in [2.75, 3.05) is 13.1 Å². The van der Waals surface area contributed by atoms with E-state index in [4.69, 9.17) is 4.74 Å². The van der Waals surface area contributed by atoms with Gasteiger partial charge in [0.05, 0.1) is 10.5 Å². The Morgan fingerprint density at radius 1 is 1.53 bits per heavy atom. The molecule has 1 aliphatic rings. The minimum atomic E-state index is -0.388. The molecule has 0 saturated carbocycles. The fourth-order valence-corrected chi connectivity index (χ4v) is 1.45. The van der Waals surface area contributed by atoms with Crippen molar-refractivity contribution < 1.29 is 9.66 Å². The third kappa shape index (κ3) is 1.92. The van der Waals surface area contributed by atoms with Gasteiger partial charge in [-0.1, -0.05) is 6.07 Å². The molecule has 0 aliphatic carbocycles. The number of benzene rings is 1. The number of nitrogens with zero attached hydrogens (tertiary/aromatic N) is 1. The van der Waals surface area contributed by atoms with Gasteiger partial charge in [-0.3, -0.25) is 10.1 Å². The molecule has 1 saturated heterocycles. The number of rotatable bonds is 3. The summed E-state index contributed by atoms with van der Waals surface area (Å²) < 4.78 is 5.60. The van der Waals surface area contributed by atoms with Crippen molar-refractivity contribution in [3.05, 3.63) is 33.9 Å². The number of nitro benzene ring substituents is 1. The molecule has 1 aromatic rings. The molecule has 0 spiro atoms. The molecular formula is C10H12N2O3. The Kier molecular flexibility index (Phi) is 2.55. The molecule has 1 aliphatic heterocycles. The Labute approximate surface area is 87.2 Å². The van der Waals surface area contributed by atoms with Crippen molar-refractivity contribution in [1.82, 2.24) is 5.32 Å². The summed E-state index contributed by atoms with van der Waals surface area (Å²) in [5.74, 6) is 0.607. The Morgan fingerprint density at radius 3 is 2.80 bits per heavy atom. The Morgan fingerprint density at radius 2 is 2.27 bits per heavy atom. The normalized spacial score (nSPS) is 15.8. The summed E-state index contributed by atoms with van der Waals surface area (Å²) in [5.41, 5.74) is 0.703. The van der Waals surface area contributed by atoms with Crippen LogP contribution in [0.25, 0.3) is 0 Å². The van der Waals surface area contributed by atoms with Gasteiger partial charge >= 0.3 is 0 Å². The molecule has 0 atom stereocenters. The molecule has 5 heteroatoms. The summed E-state index contributed by atoms with van der Waals surface area (Å²) in [4.78, 5) is 10.3. The van der Waals surface area contributed by atoms with Crippen LogP contribution in [0.3, 0.4) is 0 Å². The molecule has 0 bridgehead atoms. The lowest BCUT2D eigenvalue weighted by molar-refractivity contribution is -0.385. The number of hydrogen-bond donors (Lipinski definition) is 1. The zero-order valence-corrected chi connectivity index (χ0v) is 8.40. The van der Waals surface area contributed by atoms with E-state index in [9.17, 15) is 10.1 Å². The minimum absolute atomic E-state index is 0.111. The highest BCUT2D eigenvalue weighted by Crippen LogP contribution is 2.28. The zero-order chi connectivity index (χ0) is 10.8. The highest BCUT2D eigenvalue weighted by Gasteiger charge is 2.21. The fraction of sp³-hybridized carbons (Fsp3) is 0.400. The van der Waals surface area contributed by atoms with Crippen molar-refractivity contribution in [2.24, 2.45) is 0 Å². The monoisotopic (exact) mass is 208 g/mol. The van der Waals surface area contributed by atoms with E-state index in [0.717, 1.165) is 13.1 Å². The predicted octanol–water partition coefficient (Wildman–Crippen LogP) is 1.25. The largest absolute Gasteiger partial charge is 0.487 e. The summed E-state index contributed by atoms with van der Waals surface area (Å²) >= 11 is 0. The molecule has 1 aromatic carbocycles. The average molecular weight is 208 g/mol. The SMILES string of the molecule is Cc1c(OC2CNC2)cccc1[N+](=O)[O-]. The summed E-state index contributed by atoms with van der Waals surface area (Å²) in [6.07, 6.45) is 0.144. The molecule has 0 radical (unpaired) electrons. The lowest BCUT2D eigenvalue weighted by atomic mass is 10.1. The van der Waals surface area contributed by atoms with Gasteiger partial charge in [0.2, 0.25) is 0 Å². The van der Waals surface area contributed by atoms with Crippen LogP contribution >= 0.6 is 0 Å². The first-order chi connectivity index (χ1) is 7.18. The van der Waals surface area contributed by atoms with Gasteiger partial charge in [-0.15, -0.1) is 0 Å². The summed E-state index contributed by atoms with van der Waals surface area (Å²) in [5, 5.41) is 13.8. The third-order valence-corrected chi connectivity index (χ3v) is 2.49. The first-order valence-electron chi connectivity index (χ1n) is 4.80. The van der Waals surface area contributed by atoms with Crippen molar-refractivity contribution >= 4 is 5.69 Å². The number of hydrogen-bond acceptors (Lipinski definition) is 4. The van der Waals surface area contributed by atoms with E-state index < -0.39 is 0 Å². The van der Waals surface area contributed by atoms with Gasteiger partial charge in [0.25, 0.3) is 5.69 Å². The standard InChI is InChI=1S/C10H12N2O3/c1-7-9(12(13)14)3-2-4-10(7)15-8-5-11-6-8/h2-4,8,11H,5-6H2,1H3. The molecular weight excluding hydrogens is 196 g/mol. The summed E-state index contributed by atoms with van der Waals surface area (Å²) in [6, 6.07) is 4.90. The van der Waals surface area contributed by atoms with Crippen LogP contribution in [0.4, 0.5) is 5.69 Å². The van der Waals surface area contributed by atoms with E-state index in [2.05, 4.69) is 5.32 Å². The summed E-state index contributed by atoms with van der Waals surface area (Å²) in [7, 11) is 0. The Balaban J connectivity index is 2.22. The van der Waals surface area contributed by atoms with Crippen LogP contribution in [0.1, 0.15) is 5.56 Å². The number of nitro groups is 1. The fourth-order valence-electron chi connectivity index (χ4n) is 1.45. The topological polar surface area (TPSA) is 64.4 Å². The lowest BCUT2D eigenvalue weighted by Gasteiger charge is -2.28. The van der Waals surface area contributed by atoms with E-state index in [1.807, 2.05) is 0 Å². The van der Waals surface area contributed by atoms with Crippen LogP contribution in [-0.2, 0) is 0 Å². The van der Waals surface area contributed by atoms with E-state index in [0.29, 0.717) is 11.3 Å². The Bertz CT molecular complexity index is 388. The van der Waals surface area contributed by atoms with E-state index in [1.165, 1.54) is 6.07 Å². The molecule has 5 nitrogen and oxygen atoms in total. The lowest BCUT2D eigenvalue weighted by Crippen LogP contribution is -2.50. The molecule has 15 heavy (non-hydrogen) atoms. The van der Waals surface area contributed by atoms with Crippen LogP contribution in [-0.4, -0.2) is 24.1 Å². The minimum Gasteiger partial charge on any atom is -0.487 e. The highest BCUT2D eigenvalue weighted by molar-refractivity contribution is 5.48. The zero-order valence-electron chi connectivity index (χ0n) is 8.40. The first kappa shape index (κ1) is 9.92. The molecule has 0 unspecified atom stereocenters. The predicted molar refractivity (Wildman–Crippen MR) is 55.1 cm³/mol. The van der Waals surface area contributed by atoms with Crippen LogP contribution in [0, 0.1) is 17.0 Å². The second-order valence-electron chi connectivity index (χ2n) is 3.56. The van der Waals surface area contributed by atoms with Crippen LogP contribution < -0.4 is 10.1 Å². The van der Waals surface area contributed by atoms with Crippen LogP contribution in [0.2, 0.25) is 0 Å². The Hall–Kier alpha value is -1.62. The molecule has 0 amide bonds. The van der Waals surface area contributed by atoms with Gasteiger partial charge < -0.3 is 10.1 Å². The maximum absolute atomic E-state index is 10.7. The van der Waals surface area contributed by atoms with Crippen molar-refractivity contribution in [3.8, 4) is 5.75 Å². The molecule has 1 heterocycles. The van der Waals surface area contributed by atoms with Crippen LogP contribution in [0.5, 0.6) is 5.75 Å². The van der Waals surface area contributed by atoms with Crippen molar-refractivity contribution in [2.45, 2.75) is 13.0 Å². The van der Waals surface area contributed by atoms with Gasteiger partial charge in [0.1, 0.15) is 11.9 Å². The maximum Gasteiger partial charge on any atom is 0.276 e. The summed E-state index contributed by atoms with van der Waals surface area (Å²) in [6.45, 7) is 3.32.